The minimum atomic E-state index is -0.768. The van der Waals surface area contributed by atoms with Crippen molar-refractivity contribution >= 4 is 11.9 Å². The van der Waals surface area contributed by atoms with Crippen molar-refractivity contribution in [3.8, 4) is 5.75 Å². The lowest BCUT2D eigenvalue weighted by Gasteiger charge is -2.43. The molecule has 0 radical (unpaired) electrons. The quantitative estimate of drug-likeness (QED) is 0.129. The highest BCUT2D eigenvalue weighted by Gasteiger charge is 2.43. The summed E-state index contributed by atoms with van der Waals surface area (Å²) in [5.41, 5.74) is 2.26. The van der Waals surface area contributed by atoms with E-state index in [1.54, 1.807) is 24.3 Å². The predicted octanol–water partition coefficient (Wildman–Crippen LogP) is 8.29. The molecule has 39 heavy (non-hydrogen) atoms. The van der Waals surface area contributed by atoms with Gasteiger partial charge in [-0.1, -0.05) is 77.1 Å². The third kappa shape index (κ3) is 8.64. The summed E-state index contributed by atoms with van der Waals surface area (Å²) < 4.78 is 23.8. The molecule has 214 valence electrons. The van der Waals surface area contributed by atoms with Crippen LogP contribution < -0.4 is 4.74 Å². The van der Waals surface area contributed by atoms with Crippen LogP contribution in [0.5, 0.6) is 5.75 Å². The molecule has 6 heteroatoms. The summed E-state index contributed by atoms with van der Waals surface area (Å²) >= 11 is 0. The molecule has 0 aliphatic carbocycles. The molecule has 1 fully saturated rings. The maximum atomic E-state index is 12.9. The van der Waals surface area contributed by atoms with Crippen LogP contribution in [-0.2, 0) is 24.8 Å². The Morgan fingerprint density at radius 2 is 1.54 bits per heavy atom. The number of esters is 2. The number of benzene rings is 2. The second-order valence-corrected chi connectivity index (χ2v) is 10.4. The molecule has 1 heterocycles. The molecule has 0 N–H and O–H groups in total. The van der Waals surface area contributed by atoms with Gasteiger partial charge in [-0.3, -0.25) is 4.79 Å². The van der Waals surface area contributed by atoms with Gasteiger partial charge in [0.2, 0.25) is 0 Å². The Balaban J connectivity index is 1.60. The van der Waals surface area contributed by atoms with Gasteiger partial charge in [0.05, 0.1) is 18.8 Å². The summed E-state index contributed by atoms with van der Waals surface area (Å²) in [4.78, 5) is 25.0. The van der Waals surface area contributed by atoms with E-state index in [4.69, 9.17) is 18.9 Å². The van der Waals surface area contributed by atoms with Crippen LogP contribution in [0.3, 0.4) is 0 Å². The summed E-state index contributed by atoms with van der Waals surface area (Å²) in [5.74, 6) is -0.697. The Labute approximate surface area is 234 Å². The summed E-state index contributed by atoms with van der Waals surface area (Å²) in [7, 11) is 0. The second kappa shape index (κ2) is 15.8. The molecule has 0 bridgehead atoms. The van der Waals surface area contributed by atoms with Gasteiger partial charge >= 0.3 is 11.9 Å². The SMILES string of the molecule is CCCCCCC(=O)OC(C)c1ccc(OC(=O)c2ccc(C3(C(CC)CCCC)OCCCO3)cc2)cc1. The zero-order chi connectivity index (χ0) is 28.1. The molecule has 2 atom stereocenters. The molecule has 2 aromatic rings. The largest absolute Gasteiger partial charge is 0.458 e. The standard InChI is InChI=1S/C33H46O6/c1-5-8-10-11-14-31(34)38-25(4)26-17-21-30(22-18-26)39-32(35)27-15-19-29(20-16-27)33(36-23-12-24-37-33)28(7-3)13-9-6-2/h15-22,25,28H,5-14,23-24H2,1-4H3. The van der Waals surface area contributed by atoms with E-state index in [-0.39, 0.29) is 18.0 Å². The molecular weight excluding hydrogens is 492 g/mol. The normalized spacial score (nSPS) is 16.3. The second-order valence-electron chi connectivity index (χ2n) is 10.4. The molecule has 1 saturated heterocycles. The number of hydrogen-bond acceptors (Lipinski definition) is 6. The lowest BCUT2D eigenvalue weighted by molar-refractivity contribution is -0.306. The van der Waals surface area contributed by atoms with Crippen LogP contribution in [0.4, 0.5) is 0 Å². The van der Waals surface area contributed by atoms with Gasteiger partial charge in [0.15, 0.2) is 5.79 Å². The van der Waals surface area contributed by atoms with Gasteiger partial charge < -0.3 is 18.9 Å². The maximum absolute atomic E-state index is 12.9. The summed E-state index contributed by atoms with van der Waals surface area (Å²) in [6, 6.07) is 14.5. The van der Waals surface area contributed by atoms with Crippen molar-refractivity contribution in [1.29, 1.82) is 0 Å². The van der Waals surface area contributed by atoms with Crippen LogP contribution in [0.1, 0.15) is 119 Å². The average molecular weight is 539 g/mol. The van der Waals surface area contributed by atoms with Gasteiger partial charge in [0.25, 0.3) is 0 Å². The van der Waals surface area contributed by atoms with Crippen LogP contribution in [0, 0.1) is 5.92 Å². The fraction of sp³-hybridized carbons (Fsp3) is 0.576. The van der Waals surface area contributed by atoms with Crippen LogP contribution >= 0.6 is 0 Å². The number of ether oxygens (including phenoxy) is 4. The molecule has 1 aliphatic rings. The topological polar surface area (TPSA) is 71.1 Å². The first-order chi connectivity index (χ1) is 18.9. The van der Waals surface area contributed by atoms with Gasteiger partial charge in [-0.15, -0.1) is 0 Å². The summed E-state index contributed by atoms with van der Waals surface area (Å²) in [6.45, 7) is 9.70. The number of unbranched alkanes of at least 4 members (excludes halogenated alkanes) is 4. The van der Waals surface area contributed by atoms with Crippen LogP contribution in [-0.4, -0.2) is 25.2 Å². The lowest BCUT2D eigenvalue weighted by atomic mass is 9.84. The van der Waals surface area contributed by atoms with Crippen molar-refractivity contribution in [2.45, 2.75) is 104 Å². The molecule has 0 saturated carbocycles. The Morgan fingerprint density at radius 3 is 2.15 bits per heavy atom. The fourth-order valence-electron chi connectivity index (χ4n) is 5.13. The van der Waals surface area contributed by atoms with Crippen molar-refractivity contribution < 1.29 is 28.5 Å². The molecule has 0 spiro atoms. The van der Waals surface area contributed by atoms with E-state index in [2.05, 4.69) is 20.8 Å². The van der Waals surface area contributed by atoms with E-state index in [0.29, 0.717) is 30.9 Å². The molecule has 0 aromatic heterocycles. The summed E-state index contributed by atoms with van der Waals surface area (Å²) in [5, 5.41) is 0. The third-order valence-electron chi connectivity index (χ3n) is 7.48. The van der Waals surface area contributed by atoms with E-state index in [9.17, 15) is 9.59 Å². The smallest absolute Gasteiger partial charge is 0.343 e. The minimum absolute atomic E-state index is 0.181. The number of rotatable bonds is 15. The van der Waals surface area contributed by atoms with E-state index < -0.39 is 11.8 Å². The molecule has 1 aliphatic heterocycles. The molecular formula is C33H46O6. The zero-order valence-electron chi connectivity index (χ0n) is 24.2. The highest BCUT2D eigenvalue weighted by molar-refractivity contribution is 5.91. The van der Waals surface area contributed by atoms with Crippen molar-refractivity contribution in [3.63, 3.8) is 0 Å². The maximum Gasteiger partial charge on any atom is 0.343 e. The van der Waals surface area contributed by atoms with Gasteiger partial charge in [0.1, 0.15) is 11.9 Å². The molecule has 3 rings (SSSR count). The number of hydrogen-bond donors (Lipinski definition) is 0. The van der Waals surface area contributed by atoms with Gasteiger partial charge in [-0.25, -0.2) is 4.79 Å². The van der Waals surface area contributed by atoms with E-state index in [1.807, 2.05) is 31.2 Å². The minimum Gasteiger partial charge on any atom is -0.458 e. The highest BCUT2D eigenvalue weighted by atomic mass is 16.7. The van der Waals surface area contributed by atoms with Gasteiger partial charge in [0, 0.05) is 17.9 Å². The highest BCUT2D eigenvalue weighted by Crippen LogP contribution is 2.42. The third-order valence-corrected chi connectivity index (χ3v) is 7.48. The van der Waals surface area contributed by atoms with Crippen molar-refractivity contribution in [3.05, 3.63) is 65.2 Å². The lowest BCUT2D eigenvalue weighted by Crippen LogP contribution is -2.44. The van der Waals surface area contributed by atoms with Crippen molar-refractivity contribution in [2.24, 2.45) is 5.92 Å². The van der Waals surface area contributed by atoms with E-state index in [1.165, 1.54) is 0 Å². The van der Waals surface area contributed by atoms with Crippen LogP contribution in [0.15, 0.2) is 48.5 Å². The van der Waals surface area contributed by atoms with E-state index in [0.717, 1.165) is 68.9 Å². The summed E-state index contributed by atoms with van der Waals surface area (Å²) in [6.07, 6.45) is 9.37. The Morgan fingerprint density at radius 1 is 0.872 bits per heavy atom. The predicted molar refractivity (Wildman–Crippen MR) is 153 cm³/mol. The van der Waals surface area contributed by atoms with Gasteiger partial charge in [-0.2, -0.15) is 0 Å². The van der Waals surface area contributed by atoms with Gasteiger partial charge in [-0.05, 0) is 62.4 Å². The molecule has 0 amide bonds. The number of carbonyl (C=O) groups excluding carboxylic acids is 2. The van der Waals surface area contributed by atoms with Crippen LogP contribution in [0.2, 0.25) is 0 Å². The van der Waals surface area contributed by atoms with Crippen molar-refractivity contribution in [1.82, 2.24) is 0 Å². The Hall–Kier alpha value is -2.70. The molecule has 2 aromatic carbocycles. The Kier molecular flexibility index (Phi) is 12.5. The molecule has 2 unspecified atom stereocenters. The number of carbonyl (C=O) groups is 2. The van der Waals surface area contributed by atoms with Crippen LogP contribution in [0.25, 0.3) is 0 Å². The molecule has 6 nitrogen and oxygen atoms in total. The first kappa shape index (κ1) is 30.8. The zero-order valence-corrected chi connectivity index (χ0v) is 24.2. The average Bonchev–Trinajstić information content (AvgIpc) is 2.96. The first-order valence-corrected chi connectivity index (χ1v) is 14.8. The van der Waals surface area contributed by atoms with E-state index >= 15 is 0 Å². The van der Waals surface area contributed by atoms with Crippen molar-refractivity contribution in [2.75, 3.05) is 13.2 Å². The fourth-order valence-corrected chi connectivity index (χ4v) is 5.13. The monoisotopic (exact) mass is 538 g/mol. The Bertz CT molecular complexity index is 1010. The first-order valence-electron chi connectivity index (χ1n) is 14.8.